The van der Waals surface area contributed by atoms with E-state index in [4.69, 9.17) is 22.1 Å². The van der Waals surface area contributed by atoms with Crippen LogP contribution in [0.1, 0.15) is 5.82 Å². The normalized spacial score (nSPS) is 10.5. The molecule has 1 aromatic heterocycles. The van der Waals surface area contributed by atoms with Crippen molar-refractivity contribution in [2.24, 2.45) is 5.73 Å². The molecule has 0 saturated carbocycles. The number of halogens is 1. The predicted octanol–water partition coefficient (Wildman–Crippen LogP) is 0.825. The molecule has 6 nitrogen and oxygen atoms in total. The lowest BCUT2D eigenvalue weighted by molar-refractivity contribution is 0.411. The van der Waals surface area contributed by atoms with Crippen molar-refractivity contribution in [2.75, 3.05) is 13.7 Å². The number of hydrogen-bond acceptors (Lipinski definition) is 5. The van der Waals surface area contributed by atoms with Crippen molar-refractivity contribution in [2.45, 2.75) is 6.42 Å². The molecule has 2 aromatic rings. The first-order valence-electron chi connectivity index (χ1n) is 5.07. The van der Waals surface area contributed by atoms with Gasteiger partial charge in [-0.15, -0.1) is 5.10 Å². The van der Waals surface area contributed by atoms with Crippen molar-refractivity contribution in [1.82, 2.24) is 20.2 Å². The lowest BCUT2D eigenvalue weighted by Crippen LogP contribution is -2.10. The van der Waals surface area contributed by atoms with Crippen LogP contribution in [-0.2, 0) is 6.42 Å². The third-order valence-electron chi connectivity index (χ3n) is 2.27. The molecule has 2 N–H and O–H groups in total. The molecule has 17 heavy (non-hydrogen) atoms. The van der Waals surface area contributed by atoms with Crippen molar-refractivity contribution in [3.05, 3.63) is 29.0 Å². The molecule has 0 bridgehead atoms. The number of benzene rings is 1. The van der Waals surface area contributed by atoms with Crippen LogP contribution in [0.3, 0.4) is 0 Å². The van der Waals surface area contributed by atoms with Gasteiger partial charge in [-0.2, -0.15) is 4.68 Å². The summed E-state index contributed by atoms with van der Waals surface area (Å²) in [5, 5.41) is 12.1. The summed E-state index contributed by atoms with van der Waals surface area (Å²) < 4.78 is 6.83. The fourth-order valence-electron chi connectivity index (χ4n) is 1.51. The van der Waals surface area contributed by atoms with Crippen molar-refractivity contribution in [3.8, 4) is 11.4 Å². The maximum atomic E-state index is 5.96. The van der Waals surface area contributed by atoms with E-state index < -0.39 is 0 Å². The molecule has 7 heteroatoms. The minimum Gasteiger partial charge on any atom is -0.494 e. The topological polar surface area (TPSA) is 78.8 Å². The van der Waals surface area contributed by atoms with E-state index in [-0.39, 0.29) is 0 Å². The van der Waals surface area contributed by atoms with E-state index in [2.05, 4.69) is 15.5 Å². The second-order valence-electron chi connectivity index (χ2n) is 3.36. The average Bonchev–Trinajstić information content (AvgIpc) is 2.77. The Kier molecular flexibility index (Phi) is 3.55. The third-order valence-corrected chi connectivity index (χ3v) is 2.51. The van der Waals surface area contributed by atoms with Crippen LogP contribution in [-0.4, -0.2) is 33.9 Å². The Hall–Kier alpha value is -1.66. The van der Waals surface area contributed by atoms with Crippen molar-refractivity contribution < 1.29 is 4.74 Å². The van der Waals surface area contributed by atoms with Crippen molar-refractivity contribution >= 4 is 11.6 Å². The van der Waals surface area contributed by atoms with Gasteiger partial charge in [-0.1, -0.05) is 11.6 Å². The van der Waals surface area contributed by atoms with E-state index in [9.17, 15) is 0 Å². The summed E-state index contributed by atoms with van der Waals surface area (Å²) in [6, 6.07) is 5.26. The fourth-order valence-corrected chi connectivity index (χ4v) is 1.67. The highest BCUT2D eigenvalue weighted by atomic mass is 35.5. The highest BCUT2D eigenvalue weighted by Gasteiger charge is 2.12. The molecule has 0 aliphatic carbocycles. The lowest BCUT2D eigenvalue weighted by atomic mass is 10.3. The minimum absolute atomic E-state index is 0.475. The number of nitrogens with two attached hydrogens (primary N) is 1. The maximum absolute atomic E-state index is 5.96. The molecule has 2 rings (SSSR count). The highest BCUT2D eigenvalue weighted by Crippen LogP contribution is 2.26. The summed E-state index contributed by atoms with van der Waals surface area (Å²) in [4.78, 5) is 0. The molecule has 0 amide bonds. The van der Waals surface area contributed by atoms with Crippen LogP contribution < -0.4 is 10.5 Å². The maximum Gasteiger partial charge on any atom is 0.158 e. The first kappa shape index (κ1) is 11.8. The summed E-state index contributed by atoms with van der Waals surface area (Å²) in [7, 11) is 1.58. The SMILES string of the molecule is COc1ccc(Cl)cc1-n1nnnc1CCN. The smallest absolute Gasteiger partial charge is 0.158 e. The second-order valence-corrected chi connectivity index (χ2v) is 3.80. The monoisotopic (exact) mass is 253 g/mol. The van der Waals surface area contributed by atoms with E-state index in [1.807, 2.05) is 0 Å². The third kappa shape index (κ3) is 2.37. The zero-order valence-corrected chi connectivity index (χ0v) is 10.1. The minimum atomic E-state index is 0.475. The number of methoxy groups -OCH3 is 1. The quantitative estimate of drug-likeness (QED) is 0.873. The van der Waals surface area contributed by atoms with Crippen LogP contribution >= 0.6 is 11.6 Å². The molecular formula is C10H12ClN5O. The van der Waals surface area contributed by atoms with Gasteiger partial charge >= 0.3 is 0 Å². The number of nitrogens with zero attached hydrogens (tertiary/aromatic N) is 4. The number of tetrazole rings is 1. The van der Waals surface area contributed by atoms with Gasteiger partial charge in [0.1, 0.15) is 11.4 Å². The molecule has 1 heterocycles. The summed E-state index contributed by atoms with van der Waals surface area (Å²) in [5.74, 6) is 1.33. The second kappa shape index (κ2) is 5.11. The Bertz CT molecular complexity index is 513. The van der Waals surface area contributed by atoms with Gasteiger partial charge < -0.3 is 10.5 Å². The van der Waals surface area contributed by atoms with E-state index in [0.29, 0.717) is 35.2 Å². The Morgan fingerprint density at radius 3 is 3.00 bits per heavy atom. The molecule has 90 valence electrons. The summed E-state index contributed by atoms with van der Waals surface area (Å²) in [5.41, 5.74) is 6.20. The Labute approximate surface area is 103 Å². The predicted molar refractivity (Wildman–Crippen MR) is 63.5 cm³/mol. The average molecular weight is 254 g/mol. The van der Waals surface area contributed by atoms with Crippen LogP contribution in [0.15, 0.2) is 18.2 Å². The molecule has 0 saturated heterocycles. The van der Waals surface area contributed by atoms with E-state index in [1.54, 1.807) is 30.0 Å². The first-order chi connectivity index (χ1) is 8.26. The van der Waals surface area contributed by atoms with E-state index in [1.165, 1.54) is 0 Å². The zero-order valence-electron chi connectivity index (χ0n) is 9.30. The molecule has 0 atom stereocenters. The number of hydrogen-bond donors (Lipinski definition) is 1. The van der Waals surface area contributed by atoms with Gasteiger partial charge in [0.2, 0.25) is 0 Å². The van der Waals surface area contributed by atoms with Crippen molar-refractivity contribution in [1.29, 1.82) is 0 Å². The van der Waals surface area contributed by atoms with Crippen LogP contribution in [0.25, 0.3) is 5.69 Å². The first-order valence-corrected chi connectivity index (χ1v) is 5.45. The standard InChI is InChI=1S/C10H12ClN5O/c1-17-9-3-2-7(11)6-8(9)16-10(4-5-12)13-14-15-16/h2-3,6H,4-5,12H2,1H3. The Balaban J connectivity index is 2.51. The highest BCUT2D eigenvalue weighted by molar-refractivity contribution is 6.30. The molecule has 0 aliphatic heterocycles. The van der Waals surface area contributed by atoms with Gasteiger partial charge in [-0.05, 0) is 35.2 Å². The molecular weight excluding hydrogens is 242 g/mol. The fraction of sp³-hybridized carbons (Fsp3) is 0.300. The molecule has 0 aliphatic rings. The van der Waals surface area contributed by atoms with Gasteiger partial charge in [-0.25, -0.2) is 0 Å². The summed E-state index contributed by atoms with van der Waals surface area (Å²) >= 11 is 5.96. The van der Waals surface area contributed by atoms with E-state index in [0.717, 1.165) is 0 Å². The Morgan fingerprint density at radius 1 is 1.47 bits per heavy atom. The Morgan fingerprint density at radius 2 is 2.29 bits per heavy atom. The molecule has 0 spiro atoms. The van der Waals surface area contributed by atoms with Crippen LogP contribution in [0.4, 0.5) is 0 Å². The van der Waals surface area contributed by atoms with Gasteiger partial charge in [-0.3, -0.25) is 0 Å². The number of ether oxygens (including phenoxy) is 1. The van der Waals surface area contributed by atoms with Gasteiger partial charge in [0, 0.05) is 11.4 Å². The van der Waals surface area contributed by atoms with Gasteiger partial charge in [0.15, 0.2) is 5.82 Å². The summed E-state index contributed by atoms with van der Waals surface area (Å²) in [6.45, 7) is 0.475. The molecule has 1 aromatic carbocycles. The van der Waals surface area contributed by atoms with Crippen LogP contribution in [0, 0.1) is 0 Å². The molecule has 0 radical (unpaired) electrons. The number of rotatable bonds is 4. The van der Waals surface area contributed by atoms with Crippen LogP contribution in [0.5, 0.6) is 5.75 Å². The van der Waals surface area contributed by atoms with E-state index >= 15 is 0 Å². The van der Waals surface area contributed by atoms with Crippen LogP contribution in [0.2, 0.25) is 5.02 Å². The molecule has 0 fully saturated rings. The molecule has 0 unspecified atom stereocenters. The lowest BCUT2D eigenvalue weighted by Gasteiger charge is -2.09. The largest absolute Gasteiger partial charge is 0.494 e. The van der Waals surface area contributed by atoms with Crippen molar-refractivity contribution in [3.63, 3.8) is 0 Å². The summed E-state index contributed by atoms with van der Waals surface area (Å²) in [6.07, 6.45) is 0.586. The number of aromatic nitrogens is 4. The zero-order chi connectivity index (χ0) is 12.3. The van der Waals surface area contributed by atoms with Gasteiger partial charge in [0.05, 0.1) is 7.11 Å². The van der Waals surface area contributed by atoms with Gasteiger partial charge in [0.25, 0.3) is 0 Å².